The summed E-state index contributed by atoms with van der Waals surface area (Å²) < 4.78 is 32.9. The minimum absolute atomic E-state index is 0.126. The molecule has 132 valence electrons. The highest BCUT2D eigenvalue weighted by molar-refractivity contribution is 7.89. The second-order valence-corrected chi connectivity index (χ2v) is 7.06. The molecule has 1 aromatic carbocycles. The quantitative estimate of drug-likeness (QED) is 0.779. The van der Waals surface area contributed by atoms with Crippen molar-refractivity contribution in [3.63, 3.8) is 0 Å². The number of piperidine rings is 1. The molecule has 0 unspecified atom stereocenters. The summed E-state index contributed by atoms with van der Waals surface area (Å²) in [6.07, 6.45) is 0.991. The number of nitrogens with two attached hydrogens (primary N) is 1. The Morgan fingerprint density at radius 3 is 2.33 bits per heavy atom. The lowest BCUT2D eigenvalue weighted by molar-refractivity contribution is -0.146. The van der Waals surface area contributed by atoms with E-state index in [4.69, 9.17) is 14.6 Å². The van der Waals surface area contributed by atoms with Crippen molar-refractivity contribution in [1.29, 1.82) is 0 Å². The molecule has 2 N–H and O–H groups in total. The van der Waals surface area contributed by atoms with E-state index in [0.29, 0.717) is 25.9 Å². The van der Waals surface area contributed by atoms with Crippen molar-refractivity contribution < 1.29 is 27.5 Å². The van der Waals surface area contributed by atoms with Gasteiger partial charge in [-0.25, -0.2) is 13.6 Å². The molecule has 0 saturated carbocycles. The number of esters is 1. The highest BCUT2D eigenvalue weighted by Gasteiger charge is 2.30. The summed E-state index contributed by atoms with van der Waals surface area (Å²) in [7, 11) is -1.19. The molecule has 24 heavy (non-hydrogen) atoms. The summed E-state index contributed by atoms with van der Waals surface area (Å²) in [5.41, 5.74) is 0.126. The first-order valence-electron chi connectivity index (χ1n) is 7.36. The summed E-state index contributed by atoms with van der Waals surface area (Å²) in [5, 5.41) is 5.12. The van der Waals surface area contributed by atoms with Gasteiger partial charge >= 0.3 is 5.97 Å². The first-order valence-corrected chi connectivity index (χ1v) is 8.90. The zero-order valence-electron chi connectivity index (χ0n) is 13.5. The Kier molecular flexibility index (Phi) is 5.45. The highest BCUT2D eigenvalue weighted by Crippen LogP contribution is 2.26. The number of nitrogens with zero attached hydrogens (tertiary/aromatic N) is 1. The number of hydrogen-bond acceptors (Lipinski definition) is 6. The Morgan fingerprint density at radius 2 is 1.83 bits per heavy atom. The Morgan fingerprint density at radius 1 is 1.21 bits per heavy atom. The molecule has 0 aliphatic carbocycles. The number of methoxy groups -OCH3 is 2. The fourth-order valence-corrected chi connectivity index (χ4v) is 3.23. The van der Waals surface area contributed by atoms with Crippen LogP contribution < -0.4 is 9.88 Å². The van der Waals surface area contributed by atoms with Crippen LogP contribution in [-0.2, 0) is 19.6 Å². The van der Waals surface area contributed by atoms with Crippen LogP contribution in [-0.4, -0.2) is 52.5 Å². The number of hydrogen-bond donors (Lipinski definition) is 1. The summed E-state index contributed by atoms with van der Waals surface area (Å²) >= 11 is 0. The van der Waals surface area contributed by atoms with Gasteiger partial charge in [-0.3, -0.25) is 9.59 Å². The number of amides is 1. The van der Waals surface area contributed by atoms with Gasteiger partial charge in [0.05, 0.1) is 30.6 Å². The molecular formula is C15H20N2O6S. The molecule has 0 spiro atoms. The third-order valence-electron chi connectivity index (χ3n) is 4.05. The summed E-state index contributed by atoms with van der Waals surface area (Å²) in [6, 6.07) is 3.89. The van der Waals surface area contributed by atoms with E-state index in [9.17, 15) is 18.0 Å². The van der Waals surface area contributed by atoms with Gasteiger partial charge in [-0.2, -0.15) is 0 Å². The number of ether oxygens (including phenoxy) is 2. The van der Waals surface area contributed by atoms with E-state index in [0.717, 1.165) is 0 Å². The molecule has 9 heteroatoms. The number of carbonyl (C=O) groups excluding carboxylic acids is 2. The van der Waals surface area contributed by atoms with Crippen molar-refractivity contribution in [1.82, 2.24) is 4.90 Å². The molecule has 1 aliphatic heterocycles. The third kappa shape index (κ3) is 3.85. The maximum absolute atomic E-state index is 12.7. The molecule has 1 fully saturated rings. The molecular weight excluding hydrogens is 336 g/mol. The van der Waals surface area contributed by atoms with Crippen molar-refractivity contribution in [2.24, 2.45) is 11.1 Å². The van der Waals surface area contributed by atoms with E-state index in [1.54, 1.807) is 4.90 Å². The highest BCUT2D eigenvalue weighted by atomic mass is 32.2. The van der Waals surface area contributed by atoms with Gasteiger partial charge in [0.15, 0.2) is 0 Å². The maximum atomic E-state index is 12.7. The van der Waals surface area contributed by atoms with E-state index in [2.05, 4.69) is 0 Å². The predicted molar refractivity (Wildman–Crippen MR) is 85.0 cm³/mol. The molecule has 1 saturated heterocycles. The van der Waals surface area contributed by atoms with Gasteiger partial charge < -0.3 is 14.4 Å². The van der Waals surface area contributed by atoms with Crippen LogP contribution in [0.4, 0.5) is 0 Å². The second-order valence-electron chi connectivity index (χ2n) is 5.50. The van der Waals surface area contributed by atoms with Crippen LogP contribution in [0, 0.1) is 5.92 Å². The molecule has 1 aliphatic rings. The third-order valence-corrected chi connectivity index (χ3v) is 4.96. The lowest BCUT2D eigenvalue weighted by atomic mass is 9.96. The Balaban J connectivity index is 2.22. The molecule has 0 radical (unpaired) electrons. The van der Waals surface area contributed by atoms with E-state index < -0.39 is 10.0 Å². The molecule has 1 aromatic rings. The molecule has 1 amide bonds. The van der Waals surface area contributed by atoms with E-state index in [1.165, 1.54) is 32.4 Å². The van der Waals surface area contributed by atoms with E-state index >= 15 is 0 Å². The summed E-state index contributed by atoms with van der Waals surface area (Å²) in [4.78, 5) is 25.6. The van der Waals surface area contributed by atoms with Gasteiger partial charge in [-0.15, -0.1) is 0 Å². The monoisotopic (exact) mass is 356 g/mol. The van der Waals surface area contributed by atoms with Crippen LogP contribution >= 0.6 is 0 Å². The average Bonchev–Trinajstić information content (AvgIpc) is 2.59. The van der Waals surface area contributed by atoms with Gasteiger partial charge in [0.1, 0.15) is 5.75 Å². The van der Waals surface area contributed by atoms with Crippen molar-refractivity contribution in [3.8, 4) is 5.75 Å². The van der Waals surface area contributed by atoms with Crippen LogP contribution in [0.3, 0.4) is 0 Å². The average molecular weight is 356 g/mol. The topological polar surface area (TPSA) is 116 Å². The van der Waals surface area contributed by atoms with Crippen molar-refractivity contribution in [3.05, 3.63) is 23.8 Å². The molecule has 0 atom stereocenters. The minimum atomic E-state index is -3.93. The minimum Gasteiger partial charge on any atom is -0.496 e. The molecule has 8 nitrogen and oxygen atoms in total. The fraction of sp³-hybridized carbons (Fsp3) is 0.467. The maximum Gasteiger partial charge on any atom is 0.308 e. The molecule has 0 aromatic heterocycles. The first-order chi connectivity index (χ1) is 11.3. The van der Waals surface area contributed by atoms with Crippen LogP contribution in [0.2, 0.25) is 0 Å². The lowest BCUT2D eigenvalue weighted by Gasteiger charge is -2.31. The summed E-state index contributed by atoms with van der Waals surface area (Å²) in [6.45, 7) is 0.753. The van der Waals surface area contributed by atoms with Crippen LogP contribution in [0.15, 0.2) is 23.1 Å². The molecule has 0 bridgehead atoms. The standard InChI is InChI=1S/C15H20N2O6S/c1-22-13-4-3-11(24(16,20)21)9-12(13)14(18)17-7-5-10(6-8-17)15(19)23-2/h3-4,9-10H,5-8H2,1-2H3,(H2,16,20,21). The number of benzene rings is 1. The number of sulfonamides is 1. The van der Waals surface area contributed by atoms with Crippen molar-refractivity contribution in [2.45, 2.75) is 17.7 Å². The largest absolute Gasteiger partial charge is 0.496 e. The summed E-state index contributed by atoms with van der Waals surface area (Å²) in [5.74, 6) is -0.601. The smallest absolute Gasteiger partial charge is 0.308 e. The molecule has 2 rings (SSSR count). The van der Waals surface area contributed by atoms with Gasteiger partial charge in [-0.1, -0.05) is 0 Å². The van der Waals surface area contributed by atoms with Crippen LogP contribution in [0.25, 0.3) is 0 Å². The zero-order chi connectivity index (χ0) is 17.9. The Bertz CT molecular complexity index is 738. The van der Waals surface area contributed by atoms with Gasteiger partial charge in [0.25, 0.3) is 5.91 Å². The zero-order valence-corrected chi connectivity index (χ0v) is 14.3. The number of rotatable bonds is 4. The van der Waals surface area contributed by atoms with Crippen LogP contribution in [0.5, 0.6) is 5.75 Å². The first kappa shape index (κ1) is 18.2. The fourth-order valence-electron chi connectivity index (χ4n) is 2.69. The van der Waals surface area contributed by atoms with Crippen molar-refractivity contribution in [2.75, 3.05) is 27.3 Å². The van der Waals surface area contributed by atoms with Gasteiger partial charge in [-0.05, 0) is 31.0 Å². The normalized spacial score (nSPS) is 15.9. The number of carbonyl (C=O) groups is 2. The van der Waals surface area contributed by atoms with Gasteiger partial charge in [0.2, 0.25) is 10.0 Å². The number of likely N-dealkylation sites (tertiary alicyclic amines) is 1. The Hall–Kier alpha value is -2.13. The molecule has 1 heterocycles. The SMILES string of the molecule is COC(=O)C1CCN(C(=O)c2cc(S(N)(=O)=O)ccc2OC)CC1. The predicted octanol–water partition coefficient (Wildman–Crippen LogP) is 0.368. The van der Waals surface area contributed by atoms with Crippen molar-refractivity contribution >= 4 is 21.9 Å². The Labute approximate surface area is 140 Å². The van der Waals surface area contributed by atoms with E-state index in [1.807, 2.05) is 0 Å². The lowest BCUT2D eigenvalue weighted by Crippen LogP contribution is -2.40. The van der Waals surface area contributed by atoms with Gasteiger partial charge in [0, 0.05) is 13.1 Å². The number of primary sulfonamides is 1. The van der Waals surface area contributed by atoms with Crippen LogP contribution in [0.1, 0.15) is 23.2 Å². The second kappa shape index (κ2) is 7.18. The van der Waals surface area contributed by atoms with E-state index in [-0.39, 0.29) is 34.0 Å².